The smallest absolute Gasteiger partial charge is 0.312 e. The number of amides is 1. The second-order valence-corrected chi connectivity index (χ2v) is 15.4. The predicted molar refractivity (Wildman–Crippen MR) is 211 cm³/mol. The Morgan fingerprint density at radius 1 is 0.914 bits per heavy atom. The van der Waals surface area contributed by atoms with E-state index < -0.39 is 106 Å². The molecule has 0 spiro atoms. The Morgan fingerprint density at radius 2 is 1.59 bits per heavy atom. The fourth-order valence-corrected chi connectivity index (χ4v) is 7.65. The van der Waals surface area contributed by atoms with E-state index in [9.17, 15) is 39.3 Å². The van der Waals surface area contributed by atoms with Gasteiger partial charge in [0.15, 0.2) is 0 Å². The zero-order valence-electron chi connectivity index (χ0n) is 34.1. The summed E-state index contributed by atoms with van der Waals surface area (Å²) in [5.74, 6) is -9.32. The van der Waals surface area contributed by atoms with Crippen LogP contribution in [0.4, 0.5) is 0 Å². The molecule has 0 saturated carbocycles. The standard InChI is InChI=1S/C44H52N2O12/c1-21-14-13-15-22(2)43(54)46-34-33(45-20-28-16-11-10-12-17-28)38(51)30-31(39(34)52)37(50)26(6)41-32(30)42(53)44(8,58-41)56-19-18-29(55-9)23(3)40(57-27(7)47)25(5)36(49)24(4)35(21)48/h10-19,21,23-25,29,35-36,40,45,48-50H,20H2,1-9H3,(H,46,54). The molecule has 9 unspecified atom stereocenters. The van der Waals surface area contributed by atoms with Gasteiger partial charge in [0, 0.05) is 62.3 Å². The van der Waals surface area contributed by atoms with Crippen LogP contribution in [-0.2, 0) is 30.3 Å². The fourth-order valence-electron chi connectivity index (χ4n) is 7.65. The van der Waals surface area contributed by atoms with Crippen molar-refractivity contribution in [1.29, 1.82) is 0 Å². The molecule has 3 heterocycles. The second-order valence-electron chi connectivity index (χ2n) is 15.4. The number of phenolic OH excluding ortho intramolecular Hbond substituents is 1. The molecule has 310 valence electrons. The number of hydrogen-bond acceptors (Lipinski definition) is 13. The fraction of sp³-hybridized carbons (Fsp3) is 0.432. The van der Waals surface area contributed by atoms with Crippen LogP contribution in [0.5, 0.6) is 11.5 Å². The molecule has 1 aliphatic carbocycles. The molecule has 5 bridgehead atoms. The average molecular weight is 801 g/mol. The second kappa shape index (κ2) is 17.5. The molecule has 9 atom stereocenters. The van der Waals surface area contributed by atoms with Gasteiger partial charge in [-0.05, 0) is 25.5 Å². The van der Waals surface area contributed by atoms with Gasteiger partial charge in [0.2, 0.25) is 11.6 Å². The summed E-state index contributed by atoms with van der Waals surface area (Å²) < 4.78 is 23.5. The van der Waals surface area contributed by atoms with E-state index >= 15 is 0 Å². The number of Topliss-reactive ketones (excluding diaryl/α,β-unsaturated/α-hetero) is 3. The van der Waals surface area contributed by atoms with Crippen molar-refractivity contribution in [3.05, 3.63) is 106 Å². The molecule has 14 heteroatoms. The summed E-state index contributed by atoms with van der Waals surface area (Å²) in [6.45, 7) is 12.4. The minimum absolute atomic E-state index is 0.0108. The molecule has 4 aliphatic rings. The summed E-state index contributed by atoms with van der Waals surface area (Å²) in [4.78, 5) is 69.3. The quantitative estimate of drug-likeness (QED) is 0.259. The summed E-state index contributed by atoms with van der Waals surface area (Å²) in [7, 11) is 1.42. The van der Waals surface area contributed by atoms with Crippen molar-refractivity contribution >= 4 is 29.2 Å². The van der Waals surface area contributed by atoms with Crippen molar-refractivity contribution in [3.8, 4) is 11.5 Å². The molecule has 58 heavy (non-hydrogen) atoms. The average Bonchev–Trinajstić information content (AvgIpc) is 3.46. The first kappa shape index (κ1) is 43.6. The number of rotatable bonds is 5. The molecule has 0 fully saturated rings. The highest BCUT2D eigenvalue weighted by molar-refractivity contribution is 6.32. The van der Waals surface area contributed by atoms with E-state index in [1.54, 1.807) is 64.1 Å². The van der Waals surface area contributed by atoms with Gasteiger partial charge in [-0.15, -0.1) is 0 Å². The normalized spacial score (nSPS) is 29.4. The van der Waals surface area contributed by atoms with Crippen molar-refractivity contribution < 1.29 is 58.2 Å². The lowest BCUT2D eigenvalue weighted by molar-refractivity contribution is -0.160. The summed E-state index contributed by atoms with van der Waals surface area (Å²) in [5, 5.41) is 39.8. The van der Waals surface area contributed by atoms with E-state index in [4.69, 9.17) is 18.9 Å². The number of carbonyl (C=O) groups is 5. The van der Waals surface area contributed by atoms with Gasteiger partial charge in [-0.25, -0.2) is 0 Å². The van der Waals surface area contributed by atoms with Gasteiger partial charge in [-0.1, -0.05) is 76.3 Å². The number of fused-ring (bicyclic) bond motifs is 14. The van der Waals surface area contributed by atoms with Crippen molar-refractivity contribution in [1.82, 2.24) is 10.6 Å². The number of carbonyl (C=O) groups excluding carboxylic acids is 5. The van der Waals surface area contributed by atoms with E-state index in [0.29, 0.717) is 0 Å². The number of aromatic hydroxyl groups is 1. The van der Waals surface area contributed by atoms with Gasteiger partial charge in [0.25, 0.3) is 11.7 Å². The highest BCUT2D eigenvalue weighted by Crippen LogP contribution is 2.48. The molecular weight excluding hydrogens is 748 g/mol. The van der Waals surface area contributed by atoms with Crippen molar-refractivity contribution in [2.24, 2.45) is 23.7 Å². The Morgan fingerprint density at radius 3 is 2.22 bits per heavy atom. The van der Waals surface area contributed by atoms with Crippen LogP contribution in [0.2, 0.25) is 0 Å². The van der Waals surface area contributed by atoms with Crippen LogP contribution in [0.25, 0.3) is 0 Å². The summed E-state index contributed by atoms with van der Waals surface area (Å²) in [6.07, 6.45) is 3.38. The largest absolute Gasteiger partial charge is 0.507 e. The van der Waals surface area contributed by atoms with E-state index in [0.717, 1.165) is 5.56 Å². The summed E-state index contributed by atoms with van der Waals surface area (Å²) in [5.41, 5.74) is -1.05. The molecule has 14 nitrogen and oxygen atoms in total. The van der Waals surface area contributed by atoms with Crippen molar-refractivity contribution in [2.45, 2.75) is 92.1 Å². The summed E-state index contributed by atoms with van der Waals surface area (Å²) in [6, 6.07) is 8.99. The third-order valence-electron chi connectivity index (χ3n) is 11.3. The SMILES string of the molecule is COC1C=COC2(C)Oc3c(C)c(O)c4c(c3C2=O)C(=O)C(NCc2ccccc2)=C(NC(=O)C(C)=CC=CC(C)C(O)C(C)C(O)C(C)C(OC(C)=O)C1C)C4=O. The monoisotopic (exact) mass is 800 g/mol. The van der Waals surface area contributed by atoms with Gasteiger partial charge in [-0.2, -0.15) is 0 Å². The minimum Gasteiger partial charge on any atom is -0.507 e. The third-order valence-corrected chi connectivity index (χ3v) is 11.3. The van der Waals surface area contributed by atoms with E-state index in [2.05, 4.69) is 10.6 Å². The van der Waals surface area contributed by atoms with Crippen LogP contribution in [0, 0.1) is 30.6 Å². The van der Waals surface area contributed by atoms with Gasteiger partial charge < -0.3 is 44.9 Å². The van der Waals surface area contributed by atoms with E-state index in [-0.39, 0.29) is 34.7 Å². The number of esters is 1. The first-order valence-corrected chi connectivity index (χ1v) is 19.2. The molecule has 2 aromatic rings. The first-order chi connectivity index (χ1) is 27.3. The highest BCUT2D eigenvalue weighted by Gasteiger charge is 2.52. The number of hydrogen-bond donors (Lipinski definition) is 5. The zero-order chi connectivity index (χ0) is 42.8. The maximum atomic E-state index is 14.6. The van der Waals surface area contributed by atoms with Crippen LogP contribution < -0.4 is 15.4 Å². The van der Waals surface area contributed by atoms with Gasteiger partial charge in [0.1, 0.15) is 29.0 Å². The van der Waals surface area contributed by atoms with Crippen LogP contribution in [0.1, 0.15) is 90.7 Å². The molecule has 6 rings (SSSR count). The highest BCUT2D eigenvalue weighted by atomic mass is 16.7. The molecule has 0 radical (unpaired) electrons. The lowest BCUT2D eigenvalue weighted by Gasteiger charge is -2.38. The van der Waals surface area contributed by atoms with Crippen molar-refractivity contribution in [3.63, 3.8) is 0 Å². The molecule has 1 amide bonds. The minimum atomic E-state index is -2.09. The van der Waals surface area contributed by atoms with Crippen molar-refractivity contribution in [2.75, 3.05) is 7.11 Å². The number of nitrogens with one attached hydrogen (secondary N) is 2. The van der Waals surface area contributed by atoms with Crippen LogP contribution >= 0.6 is 0 Å². The number of aliphatic hydroxyl groups excluding tert-OH is 2. The molecule has 0 aromatic heterocycles. The van der Waals surface area contributed by atoms with E-state index in [1.165, 1.54) is 53.2 Å². The summed E-state index contributed by atoms with van der Waals surface area (Å²) >= 11 is 0. The Labute approximate surface area is 337 Å². The van der Waals surface area contributed by atoms with Crippen LogP contribution in [0.15, 0.2) is 77.9 Å². The van der Waals surface area contributed by atoms with E-state index in [1.807, 2.05) is 6.07 Å². The van der Waals surface area contributed by atoms with Crippen LogP contribution in [0.3, 0.4) is 0 Å². The van der Waals surface area contributed by atoms with Gasteiger partial charge in [-0.3, -0.25) is 24.0 Å². The first-order valence-electron chi connectivity index (χ1n) is 19.2. The number of allylic oxidation sites excluding steroid dienone is 4. The number of phenols is 1. The third kappa shape index (κ3) is 8.36. The molecule has 2 aromatic carbocycles. The number of aliphatic hydroxyl groups is 2. The Bertz CT molecular complexity index is 2100. The Balaban J connectivity index is 1.66. The Hall–Kier alpha value is -5.57. The predicted octanol–water partition coefficient (Wildman–Crippen LogP) is 4.75. The van der Waals surface area contributed by atoms with Gasteiger partial charge >= 0.3 is 11.8 Å². The van der Waals surface area contributed by atoms with Crippen LogP contribution in [-0.4, -0.2) is 81.9 Å². The maximum Gasteiger partial charge on any atom is 0.312 e. The number of benzene rings is 2. The lowest BCUT2D eigenvalue weighted by Crippen LogP contribution is -2.46. The number of methoxy groups -OCH3 is 1. The molecule has 0 saturated heterocycles. The molecule has 5 N–H and O–H groups in total. The zero-order valence-corrected chi connectivity index (χ0v) is 34.1. The lowest BCUT2D eigenvalue weighted by atomic mass is 9.78. The Kier molecular flexibility index (Phi) is 13.1. The van der Waals surface area contributed by atoms with Gasteiger partial charge in [0.05, 0.1) is 41.3 Å². The number of ketones is 3. The molecule has 3 aliphatic heterocycles. The molecular formula is C44H52N2O12. The topological polar surface area (TPSA) is 207 Å². The number of ether oxygens (including phenoxy) is 4. The maximum absolute atomic E-state index is 14.6.